The number of hydrogen-bond donors (Lipinski definition) is 3. The fourth-order valence-electron chi connectivity index (χ4n) is 6.17. The number of H-pyrrole nitrogens is 1. The second-order valence-corrected chi connectivity index (χ2v) is 11.0. The molecule has 3 N–H and O–H groups in total. The molecule has 3 aliphatic rings. The summed E-state index contributed by atoms with van der Waals surface area (Å²) in [6.45, 7) is 5.52. The Morgan fingerprint density at radius 1 is 1.02 bits per heavy atom. The first kappa shape index (κ1) is 26.4. The molecule has 210 valence electrons. The minimum atomic E-state index is -0.637. The number of aromatic nitrogens is 4. The van der Waals surface area contributed by atoms with Gasteiger partial charge in [-0.15, -0.1) is 0 Å². The standard InChI is InChI=1S/C29H36N8O3/c1-19(38)35-11-7-23(8-12-35)32-27-14-24(33-28(34-27)22-15-30-31-16-22)29(40)37-13-9-25(26(39)18-37)36-10-6-20-4-2-3-5-21(20)17-36/h2-5,14-16,23,25-26,39H,6-13,17-18H2,1H3,(H,30,31)(H,32,33,34)/t25-,26-/m1/s1. The van der Waals surface area contributed by atoms with Crippen LogP contribution in [0, 0.1) is 0 Å². The number of benzene rings is 1. The number of carbonyl (C=O) groups excluding carboxylic acids is 2. The van der Waals surface area contributed by atoms with E-state index in [0.29, 0.717) is 43.3 Å². The number of carbonyl (C=O) groups is 2. The summed E-state index contributed by atoms with van der Waals surface area (Å²) in [5, 5.41) is 21.4. The fraction of sp³-hybridized carbons (Fsp3) is 0.483. The van der Waals surface area contributed by atoms with Crippen molar-refractivity contribution in [2.24, 2.45) is 0 Å². The van der Waals surface area contributed by atoms with Crippen LogP contribution in [0.4, 0.5) is 5.82 Å². The largest absolute Gasteiger partial charge is 0.390 e. The summed E-state index contributed by atoms with van der Waals surface area (Å²) in [7, 11) is 0. The third kappa shape index (κ3) is 5.57. The molecule has 0 bridgehead atoms. The molecule has 6 rings (SSSR count). The van der Waals surface area contributed by atoms with Crippen molar-refractivity contribution in [3.8, 4) is 11.4 Å². The van der Waals surface area contributed by atoms with Crippen LogP contribution in [-0.4, -0.2) is 103 Å². The van der Waals surface area contributed by atoms with Crippen LogP contribution in [0.25, 0.3) is 11.4 Å². The molecule has 0 spiro atoms. The SMILES string of the molecule is CC(=O)N1CCC(Nc2cc(C(=O)N3CC[C@@H](N4CCc5ccccc5C4)[C@H](O)C3)nc(-c3cn[nH]c3)n2)CC1. The monoisotopic (exact) mass is 544 g/mol. The zero-order valence-electron chi connectivity index (χ0n) is 22.8. The number of amides is 2. The van der Waals surface area contributed by atoms with Crippen molar-refractivity contribution in [1.82, 2.24) is 34.9 Å². The number of aliphatic hydroxyl groups is 1. The van der Waals surface area contributed by atoms with E-state index in [1.165, 1.54) is 11.1 Å². The molecule has 3 aromatic rings. The zero-order chi connectivity index (χ0) is 27.6. The number of nitrogens with one attached hydrogen (secondary N) is 2. The van der Waals surface area contributed by atoms with Gasteiger partial charge in [-0.1, -0.05) is 24.3 Å². The van der Waals surface area contributed by atoms with Gasteiger partial charge in [-0.05, 0) is 36.8 Å². The van der Waals surface area contributed by atoms with Gasteiger partial charge in [0.25, 0.3) is 5.91 Å². The average molecular weight is 545 g/mol. The fourth-order valence-corrected chi connectivity index (χ4v) is 6.17. The maximum absolute atomic E-state index is 13.7. The van der Waals surface area contributed by atoms with Gasteiger partial charge in [0.15, 0.2) is 5.82 Å². The molecule has 40 heavy (non-hydrogen) atoms. The molecule has 1 aromatic carbocycles. The summed E-state index contributed by atoms with van der Waals surface area (Å²) in [6, 6.07) is 10.3. The second kappa shape index (κ2) is 11.3. The Morgan fingerprint density at radius 3 is 2.52 bits per heavy atom. The Balaban J connectivity index is 1.15. The number of hydrogen-bond acceptors (Lipinski definition) is 8. The highest BCUT2D eigenvalue weighted by Crippen LogP contribution is 2.27. The average Bonchev–Trinajstić information content (AvgIpc) is 3.52. The number of rotatable bonds is 5. The Labute approximate surface area is 233 Å². The maximum Gasteiger partial charge on any atom is 0.272 e. The first-order chi connectivity index (χ1) is 19.4. The van der Waals surface area contributed by atoms with Gasteiger partial charge < -0.3 is 20.2 Å². The highest BCUT2D eigenvalue weighted by Gasteiger charge is 2.36. The zero-order valence-corrected chi connectivity index (χ0v) is 22.8. The lowest BCUT2D eigenvalue weighted by atomic mass is 9.94. The van der Waals surface area contributed by atoms with Crippen molar-refractivity contribution < 1.29 is 14.7 Å². The van der Waals surface area contributed by atoms with E-state index in [1.807, 2.05) is 4.90 Å². The Morgan fingerprint density at radius 2 is 1.80 bits per heavy atom. The van der Waals surface area contributed by atoms with E-state index < -0.39 is 6.10 Å². The van der Waals surface area contributed by atoms with Gasteiger partial charge in [0.05, 0.1) is 17.9 Å². The van der Waals surface area contributed by atoms with Crippen molar-refractivity contribution >= 4 is 17.6 Å². The molecule has 2 amide bonds. The highest BCUT2D eigenvalue weighted by atomic mass is 16.3. The van der Waals surface area contributed by atoms with E-state index in [4.69, 9.17) is 0 Å². The van der Waals surface area contributed by atoms with Crippen LogP contribution >= 0.6 is 0 Å². The number of nitrogens with zero attached hydrogens (tertiary/aromatic N) is 6. The van der Waals surface area contributed by atoms with Crippen LogP contribution in [0.15, 0.2) is 42.7 Å². The summed E-state index contributed by atoms with van der Waals surface area (Å²) in [5.74, 6) is 0.846. The molecule has 11 heteroatoms. The summed E-state index contributed by atoms with van der Waals surface area (Å²) in [6.07, 6.45) is 5.97. The topological polar surface area (TPSA) is 131 Å². The van der Waals surface area contributed by atoms with Gasteiger partial charge >= 0.3 is 0 Å². The summed E-state index contributed by atoms with van der Waals surface area (Å²) >= 11 is 0. The molecule has 2 fully saturated rings. The number of anilines is 1. The molecule has 3 aliphatic heterocycles. The van der Waals surface area contributed by atoms with Crippen LogP contribution < -0.4 is 5.32 Å². The molecule has 2 aromatic heterocycles. The lowest BCUT2D eigenvalue weighted by molar-refractivity contribution is -0.129. The number of fused-ring (bicyclic) bond motifs is 1. The van der Waals surface area contributed by atoms with E-state index >= 15 is 0 Å². The van der Waals surface area contributed by atoms with Crippen LogP contribution in [0.2, 0.25) is 0 Å². The van der Waals surface area contributed by atoms with Crippen LogP contribution in [0.1, 0.15) is 47.8 Å². The Hall–Kier alpha value is -3.83. The predicted molar refractivity (Wildman–Crippen MR) is 149 cm³/mol. The van der Waals surface area contributed by atoms with Crippen molar-refractivity contribution in [3.63, 3.8) is 0 Å². The van der Waals surface area contributed by atoms with Crippen LogP contribution in [0.3, 0.4) is 0 Å². The van der Waals surface area contributed by atoms with Gasteiger partial charge in [-0.3, -0.25) is 19.6 Å². The summed E-state index contributed by atoms with van der Waals surface area (Å²) < 4.78 is 0. The molecule has 0 radical (unpaired) electrons. The lowest BCUT2D eigenvalue weighted by Crippen LogP contribution is -2.56. The maximum atomic E-state index is 13.7. The first-order valence-corrected chi connectivity index (χ1v) is 14.1. The van der Waals surface area contributed by atoms with Crippen molar-refractivity contribution in [2.45, 2.75) is 57.3 Å². The van der Waals surface area contributed by atoms with E-state index in [2.05, 4.69) is 54.6 Å². The van der Waals surface area contributed by atoms with E-state index in [-0.39, 0.29) is 36.1 Å². The molecule has 2 atom stereocenters. The molecular formula is C29H36N8O3. The van der Waals surface area contributed by atoms with Gasteiger partial charge in [0, 0.05) is 70.5 Å². The molecule has 0 saturated carbocycles. The van der Waals surface area contributed by atoms with Gasteiger partial charge in [-0.2, -0.15) is 5.10 Å². The minimum Gasteiger partial charge on any atom is -0.390 e. The third-order valence-electron chi connectivity index (χ3n) is 8.46. The van der Waals surface area contributed by atoms with Crippen LogP contribution in [-0.2, 0) is 17.8 Å². The Bertz CT molecular complexity index is 1360. The minimum absolute atomic E-state index is 0.0161. The first-order valence-electron chi connectivity index (χ1n) is 14.1. The number of aromatic amines is 1. The third-order valence-corrected chi connectivity index (χ3v) is 8.46. The highest BCUT2D eigenvalue weighted by molar-refractivity contribution is 5.93. The van der Waals surface area contributed by atoms with Crippen LogP contribution in [0.5, 0.6) is 0 Å². The quantitative estimate of drug-likeness (QED) is 0.444. The van der Waals surface area contributed by atoms with Crippen molar-refractivity contribution in [3.05, 3.63) is 59.5 Å². The number of likely N-dealkylation sites (tertiary alicyclic amines) is 2. The van der Waals surface area contributed by atoms with Gasteiger partial charge in [-0.25, -0.2) is 9.97 Å². The summed E-state index contributed by atoms with van der Waals surface area (Å²) in [5.41, 5.74) is 3.67. The predicted octanol–water partition coefficient (Wildman–Crippen LogP) is 1.92. The number of β-amino-alcohol motifs (C(OH)–C–C–N with tert-alkyl or cyclic N) is 1. The van der Waals surface area contributed by atoms with E-state index in [1.54, 1.807) is 30.3 Å². The van der Waals surface area contributed by atoms with Gasteiger partial charge in [0.2, 0.25) is 5.91 Å². The van der Waals surface area contributed by atoms with Crippen molar-refractivity contribution in [1.29, 1.82) is 0 Å². The smallest absolute Gasteiger partial charge is 0.272 e. The van der Waals surface area contributed by atoms with Gasteiger partial charge in [0.1, 0.15) is 11.5 Å². The lowest BCUT2D eigenvalue weighted by Gasteiger charge is -2.43. The molecular weight excluding hydrogens is 508 g/mol. The van der Waals surface area contributed by atoms with E-state index in [9.17, 15) is 14.7 Å². The van der Waals surface area contributed by atoms with E-state index in [0.717, 1.165) is 32.4 Å². The molecule has 2 saturated heterocycles. The Kier molecular flexibility index (Phi) is 7.48. The molecule has 0 aliphatic carbocycles. The summed E-state index contributed by atoms with van der Waals surface area (Å²) in [4.78, 5) is 40.6. The molecule has 5 heterocycles. The molecule has 0 unspecified atom stereocenters. The van der Waals surface area contributed by atoms with Crippen molar-refractivity contribution in [2.75, 3.05) is 38.0 Å². The number of aliphatic hydroxyl groups excluding tert-OH is 1. The normalized spacial score (nSPS) is 22.1. The second-order valence-electron chi connectivity index (χ2n) is 11.0. The number of piperidine rings is 2. The molecule has 11 nitrogen and oxygen atoms in total.